The van der Waals surface area contributed by atoms with E-state index in [1.54, 1.807) is 0 Å². The number of nitrogens with one attached hydrogen (secondary N) is 1. The molecule has 2 unspecified atom stereocenters. The van der Waals surface area contributed by atoms with Crippen LogP contribution in [0.4, 0.5) is 13.2 Å². The van der Waals surface area contributed by atoms with Crippen LogP contribution in [0, 0.1) is 5.92 Å². The highest BCUT2D eigenvalue weighted by molar-refractivity contribution is 6.01. The number of hydrogen-bond donors (Lipinski definition) is 2. The normalized spacial score (nSPS) is 32.3. The quantitative estimate of drug-likeness (QED) is 0.664. The predicted octanol–water partition coefficient (Wildman–Crippen LogP) is 0.00310. The molecule has 0 radical (unpaired) electrons. The number of carbonyl (C=O) groups excluding carboxylic acids is 2. The number of nitrogens with zero attached hydrogens (tertiary/aromatic N) is 1. The van der Waals surface area contributed by atoms with Crippen LogP contribution in [0.1, 0.15) is 19.3 Å². The number of carbonyl (C=O) groups is 2. The third-order valence-corrected chi connectivity index (χ3v) is 3.61. The standard InChI is InChI=1S/C11H16F3N3O2/c12-11(13,14)8-2-1-7(9(18)16-8)10(19)17-4-3-6(15)5-17/h6-8H,1-5,15H2,(H,16,18)/t6-,7?,8?/m1/s1. The van der Waals surface area contributed by atoms with Gasteiger partial charge in [-0.15, -0.1) is 0 Å². The Hall–Kier alpha value is -1.31. The highest BCUT2D eigenvalue weighted by Crippen LogP contribution is 2.29. The van der Waals surface area contributed by atoms with Crippen molar-refractivity contribution >= 4 is 11.8 Å². The van der Waals surface area contributed by atoms with Crippen LogP contribution >= 0.6 is 0 Å². The first-order valence-corrected chi connectivity index (χ1v) is 6.20. The second-order valence-electron chi connectivity index (χ2n) is 5.07. The zero-order valence-electron chi connectivity index (χ0n) is 10.2. The number of hydrogen-bond acceptors (Lipinski definition) is 3. The molecule has 2 aliphatic rings. The van der Waals surface area contributed by atoms with Crippen molar-refractivity contribution in [2.24, 2.45) is 11.7 Å². The van der Waals surface area contributed by atoms with E-state index in [-0.39, 0.29) is 18.9 Å². The van der Waals surface area contributed by atoms with Crippen molar-refractivity contribution in [1.82, 2.24) is 10.2 Å². The summed E-state index contributed by atoms with van der Waals surface area (Å²) >= 11 is 0. The van der Waals surface area contributed by atoms with Crippen molar-refractivity contribution in [2.45, 2.75) is 37.5 Å². The molecule has 0 spiro atoms. The van der Waals surface area contributed by atoms with Crippen molar-refractivity contribution in [3.05, 3.63) is 0 Å². The largest absolute Gasteiger partial charge is 0.408 e. The fourth-order valence-corrected chi connectivity index (χ4v) is 2.50. The lowest BCUT2D eigenvalue weighted by atomic mass is 9.92. The van der Waals surface area contributed by atoms with Crippen LogP contribution in [0.15, 0.2) is 0 Å². The number of piperidine rings is 1. The molecule has 0 aliphatic carbocycles. The van der Waals surface area contributed by atoms with Crippen LogP contribution in [0.3, 0.4) is 0 Å². The predicted molar refractivity (Wildman–Crippen MR) is 59.9 cm³/mol. The van der Waals surface area contributed by atoms with E-state index >= 15 is 0 Å². The number of likely N-dealkylation sites (tertiary alicyclic amines) is 1. The summed E-state index contributed by atoms with van der Waals surface area (Å²) in [6.45, 7) is 0.831. The Labute approximate surface area is 108 Å². The lowest BCUT2D eigenvalue weighted by Crippen LogP contribution is -2.54. The van der Waals surface area contributed by atoms with Gasteiger partial charge in [-0.2, -0.15) is 13.2 Å². The van der Waals surface area contributed by atoms with Crippen molar-refractivity contribution in [1.29, 1.82) is 0 Å². The second-order valence-corrected chi connectivity index (χ2v) is 5.07. The van der Waals surface area contributed by atoms with Gasteiger partial charge in [0, 0.05) is 19.1 Å². The Morgan fingerprint density at radius 2 is 2.00 bits per heavy atom. The molecule has 2 aliphatic heterocycles. The SMILES string of the molecule is N[C@@H]1CCN(C(=O)C2CCC(C(F)(F)F)NC2=O)C1. The Morgan fingerprint density at radius 3 is 2.47 bits per heavy atom. The molecular weight excluding hydrogens is 263 g/mol. The first-order chi connectivity index (χ1) is 8.79. The highest BCUT2D eigenvalue weighted by Gasteiger charge is 2.46. The number of alkyl halides is 3. The number of rotatable bonds is 1. The highest BCUT2D eigenvalue weighted by atomic mass is 19.4. The summed E-state index contributed by atoms with van der Waals surface area (Å²) in [5, 5.41) is 1.88. The van der Waals surface area contributed by atoms with Gasteiger partial charge in [0.25, 0.3) is 0 Å². The van der Waals surface area contributed by atoms with E-state index in [0.717, 1.165) is 0 Å². The van der Waals surface area contributed by atoms with Gasteiger partial charge in [0.2, 0.25) is 11.8 Å². The van der Waals surface area contributed by atoms with Crippen molar-refractivity contribution in [3.8, 4) is 0 Å². The number of nitrogens with two attached hydrogens (primary N) is 1. The van der Waals surface area contributed by atoms with E-state index in [9.17, 15) is 22.8 Å². The van der Waals surface area contributed by atoms with Gasteiger partial charge >= 0.3 is 6.18 Å². The zero-order valence-corrected chi connectivity index (χ0v) is 10.2. The molecule has 8 heteroatoms. The fourth-order valence-electron chi connectivity index (χ4n) is 2.50. The maximum absolute atomic E-state index is 12.5. The average Bonchev–Trinajstić information content (AvgIpc) is 2.73. The van der Waals surface area contributed by atoms with Gasteiger partial charge in [0.1, 0.15) is 12.0 Å². The lowest BCUT2D eigenvalue weighted by molar-refractivity contribution is -0.172. The Balaban J connectivity index is 1.96. The van der Waals surface area contributed by atoms with Gasteiger partial charge in [-0.05, 0) is 19.3 Å². The van der Waals surface area contributed by atoms with E-state index in [1.807, 2.05) is 5.32 Å². The van der Waals surface area contributed by atoms with E-state index in [4.69, 9.17) is 5.73 Å². The summed E-state index contributed by atoms with van der Waals surface area (Å²) in [5.74, 6) is -2.26. The van der Waals surface area contributed by atoms with E-state index < -0.39 is 30.0 Å². The first-order valence-electron chi connectivity index (χ1n) is 6.20. The number of amides is 2. The summed E-state index contributed by atoms with van der Waals surface area (Å²) in [6, 6.07) is -1.96. The molecule has 2 rings (SSSR count). The van der Waals surface area contributed by atoms with Gasteiger partial charge in [-0.3, -0.25) is 9.59 Å². The molecule has 0 aromatic rings. The van der Waals surface area contributed by atoms with E-state index in [0.29, 0.717) is 19.5 Å². The van der Waals surface area contributed by atoms with Crippen molar-refractivity contribution in [2.75, 3.05) is 13.1 Å². The summed E-state index contributed by atoms with van der Waals surface area (Å²) in [6.07, 6.45) is -4.13. The topological polar surface area (TPSA) is 75.4 Å². The van der Waals surface area contributed by atoms with Gasteiger partial charge < -0.3 is 16.0 Å². The monoisotopic (exact) mass is 279 g/mol. The summed E-state index contributed by atoms with van der Waals surface area (Å²) in [7, 11) is 0. The zero-order chi connectivity index (χ0) is 14.2. The van der Waals surface area contributed by atoms with Crippen molar-refractivity contribution < 1.29 is 22.8 Å². The molecule has 0 aromatic heterocycles. The molecule has 19 heavy (non-hydrogen) atoms. The van der Waals surface area contributed by atoms with Crippen LogP contribution in [0.5, 0.6) is 0 Å². The molecule has 2 heterocycles. The second kappa shape index (κ2) is 4.99. The van der Waals surface area contributed by atoms with Gasteiger partial charge in [-0.25, -0.2) is 0 Å². The summed E-state index contributed by atoms with van der Waals surface area (Å²) < 4.78 is 37.4. The maximum atomic E-state index is 12.5. The molecule has 2 fully saturated rings. The van der Waals surface area contributed by atoms with Gasteiger partial charge in [-0.1, -0.05) is 0 Å². The molecular formula is C11H16F3N3O2. The summed E-state index contributed by atoms with van der Waals surface area (Å²) in [4.78, 5) is 25.1. The Kier molecular flexibility index (Phi) is 3.71. The molecule has 0 bridgehead atoms. The molecule has 0 saturated carbocycles. The Morgan fingerprint density at radius 1 is 1.32 bits per heavy atom. The first kappa shape index (κ1) is 14.1. The van der Waals surface area contributed by atoms with E-state index in [1.165, 1.54) is 4.90 Å². The third kappa shape index (κ3) is 2.99. The van der Waals surface area contributed by atoms with Gasteiger partial charge in [0.05, 0.1) is 0 Å². The van der Waals surface area contributed by atoms with Crippen LogP contribution in [0.25, 0.3) is 0 Å². The van der Waals surface area contributed by atoms with Crippen LogP contribution in [-0.4, -0.2) is 48.1 Å². The molecule has 3 atom stereocenters. The van der Waals surface area contributed by atoms with Crippen molar-refractivity contribution in [3.63, 3.8) is 0 Å². The Bertz CT molecular complexity index is 386. The minimum Gasteiger partial charge on any atom is -0.344 e. The minimum absolute atomic E-state index is 0.0689. The average molecular weight is 279 g/mol. The fraction of sp³-hybridized carbons (Fsp3) is 0.818. The van der Waals surface area contributed by atoms with Gasteiger partial charge in [0.15, 0.2) is 0 Å². The van der Waals surface area contributed by atoms with E-state index in [2.05, 4.69) is 0 Å². The third-order valence-electron chi connectivity index (χ3n) is 3.61. The lowest BCUT2D eigenvalue weighted by Gasteiger charge is -2.31. The molecule has 0 aromatic carbocycles. The molecule has 5 nitrogen and oxygen atoms in total. The summed E-state index contributed by atoms with van der Waals surface area (Å²) in [5.41, 5.74) is 5.66. The maximum Gasteiger partial charge on any atom is 0.408 e. The molecule has 2 amide bonds. The molecule has 108 valence electrons. The molecule has 2 saturated heterocycles. The smallest absolute Gasteiger partial charge is 0.344 e. The van der Waals surface area contributed by atoms with Crippen LogP contribution in [0.2, 0.25) is 0 Å². The van der Waals surface area contributed by atoms with Crippen LogP contribution in [-0.2, 0) is 9.59 Å². The molecule has 3 N–H and O–H groups in total. The minimum atomic E-state index is -4.46. The number of halogens is 3. The van der Waals surface area contributed by atoms with Crippen LogP contribution < -0.4 is 11.1 Å².